The molecule has 1 N–H and O–H groups in total. The summed E-state index contributed by atoms with van der Waals surface area (Å²) in [6.45, 7) is 0.214. The topological polar surface area (TPSA) is 55.4 Å². The van der Waals surface area contributed by atoms with Crippen LogP contribution in [0.5, 0.6) is 0 Å². The van der Waals surface area contributed by atoms with Crippen LogP contribution in [0.1, 0.15) is 15.9 Å². The van der Waals surface area contributed by atoms with Crippen LogP contribution in [0.25, 0.3) is 0 Å². The lowest BCUT2D eigenvalue weighted by atomic mass is 10.1. The lowest BCUT2D eigenvalue weighted by Crippen LogP contribution is -2.30. The van der Waals surface area contributed by atoms with Crippen molar-refractivity contribution in [3.05, 3.63) is 57.2 Å². The monoisotopic (exact) mass is 323 g/mol. The van der Waals surface area contributed by atoms with Crippen LogP contribution in [-0.4, -0.2) is 25.0 Å². The predicted molar refractivity (Wildman–Crippen MR) is 82.8 cm³/mol. The molecule has 0 saturated carbocycles. The first-order valence-electron chi connectivity index (χ1n) is 6.35. The van der Waals surface area contributed by atoms with Crippen molar-refractivity contribution in [3.63, 3.8) is 0 Å². The number of nitrogens with one attached hydrogen (secondary N) is 1. The second kappa shape index (κ2) is 7.81. The van der Waals surface area contributed by atoms with Gasteiger partial charge in [-0.1, -0.05) is 23.7 Å². The van der Waals surface area contributed by atoms with Gasteiger partial charge in [-0.15, -0.1) is 0 Å². The summed E-state index contributed by atoms with van der Waals surface area (Å²) in [5, 5.41) is 6.85. The van der Waals surface area contributed by atoms with Crippen LogP contribution in [0.2, 0.25) is 5.02 Å². The summed E-state index contributed by atoms with van der Waals surface area (Å²) in [6, 6.07) is 9.09. The lowest BCUT2D eigenvalue weighted by Gasteiger charge is -2.06. The SMILES string of the molecule is O=C(COC(=O)c1ccsc1)NCCc1ccc(Cl)cc1. The molecule has 2 rings (SSSR count). The highest BCUT2D eigenvalue weighted by atomic mass is 35.5. The summed E-state index contributed by atoms with van der Waals surface area (Å²) in [6.07, 6.45) is 0.696. The quantitative estimate of drug-likeness (QED) is 0.832. The Hall–Kier alpha value is -1.85. The first kappa shape index (κ1) is 15.5. The number of esters is 1. The van der Waals surface area contributed by atoms with Crippen LogP contribution < -0.4 is 5.32 Å². The van der Waals surface area contributed by atoms with E-state index in [1.54, 1.807) is 29.0 Å². The molecule has 110 valence electrons. The number of halogens is 1. The third-order valence-electron chi connectivity index (χ3n) is 2.74. The molecule has 0 atom stereocenters. The Morgan fingerprint density at radius 3 is 2.62 bits per heavy atom. The van der Waals surface area contributed by atoms with E-state index in [2.05, 4.69) is 5.32 Å². The molecule has 0 radical (unpaired) electrons. The van der Waals surface area contributed by atoms with Crippen LogP contribution in [0.15, 0.2) is 41.1 Å². The van der Waals surface area contributed by atoms with E-state index in [9.17, 15) is 9.59 Å². The molecule has 4 nitrogen and oxygen atoms in total. The van der Waals surface area contributed by atoms with Gasteiger partial charge in [0.2, 0.25) is 0 Å². The van der Waals surface area contributed by atoms with Crippen molar-refractivity contribution >= 4 is 34.8 Å². The zero-order chi connectivity index (χ0) is 15.1. The maximum Gasteiger partial charge on any atom is 0.339 e. The minimum absolute atomic E-state index is 0.269. The molecule has 1 heterocycles. The highest BCUT2D eigenvalue weighted by molar-refractivity contribution is 7.08. The average Bonchev–Trinajstić information content (AvgIpc) is 3.01. The van der Waals surface area contributed by atoms with Gasteiger partial charge in [-0.3, -0.25) is 4.79 Å². The number of hydrogen-bond acceptors (Lipinski definition) is 4. The number of carbonyl (C=O) groups is 2. The summed E-state index contributed by atoms with van der Waals surface area (Å²) >= 11 is 7.20. The van der Waals surface area contributed by atoms with Gasteiger partial charge in [0.1, 0.15) is 0 Å². The smallest absolute Gasteiger partial charge is 0.339 e. The fraction of sp³-hybridized carbons (Fsp3) is 0.200. The van der Waals surface area contributed by atoms with Gasteiger partial charge in [0.15, 0.2) is 6.61 Å². The molecule has 6 heteroatoms. The number of benzene rings is 1. The molecular weight excluding hydrogens is 310 g/mol. The van der Waals surface area contributed by atoms with Gasteiger partial charge >= 0.3 is 5.97 Å². The molecule has 0 fully saturated rings. The molecule has 0 saturated heterocycles. The van der Waals surface area contributed by atoms with Crippen LogP contribution in [0.3, 0.4) is 0 Å². The fourth-order valence-electron chi connectivity index (χ4n) is 1.64. The Morgan fingerprint density at radius 1 is 1.19 bits per heavy atom. The minimum Gasteiger partial charge on any atom is -0.452 e. The molecule has 1 amide bonds. The third kappa shape index (κ3) is 5.21. The molecule has 2 aromatic rings. The Morgan fingerprint density at radius 2 is 1.95 bits per heavy atom. The Balaban J connectivity index is 1.66. The number of thiophene rings is 1. The van der Waals surface area contributed by atoms with E-state index < -0.39 is 5.97 Å². The maximum absolute atomic E-state index is 11.6. The molecule has 1 aromatic carbocycles. The van der Waals surface area contributed by atoms with E-state index >= 15 is 0 Å². The van der Waals surface area contributed by atoms with Crippen molar-refractivity contribution < 1.29 is 14.3 Å². The summed E-state index contributed by atoms with van der Waals surface area (Å²) in [7, 11) is 0. The highest BCUT2D eigenvalue weighted by Crippen LogP contribution is 2.09. The number of ether oxygens (including phenoxy) is 1. The maximum atomic E-state index is 11.6. The molecule has 0 aliphatic heterocycles. The van der Waals surface area contributed by atoms with Crippen molar-refractivity contribution in [2.24, 2.45) is 0 Å². The van der Waals surface area contributed by atoms with Crippen molar-refractivity contribution in [2.45, 2.75) is 6.42 Å². The van der Waals surface area contributed by atoms with E-state index in [4.69, 9.17) is 16.3 Å². The van der Waals surface area contributed by atoms with Crippen molar-refractivity contribution in [3.8, 4) is 0 Å². The van der Waals surface area contributed by atoms with Gasteiger partial charge < -0.3 is 10.1 Å². The van der Waals surface area contributed by atoms with Gasteiger partial charge in [-0.2, -0.15) is 11.3 Å². The largest absolute Gasteiger partial charge is 0.452 e. The predicted octanol–water partition coefficient (Wildman–Crippen LogP) is 2.92. The normalized spacial score (nSPS) is 10.1. The van der Waals surface area contributed by atoms with Crippen molar-refractivity contribution in [1.82, 2.24) is 5.32 Å². The summed E-state index contributed by atoms with van der Waals surface area (Å²) in [4.78, 5) is 23.1. The van der Waals surface area contributed by atoms with Gasteiger partial charge in [-0.25, -0.2) is 4.79 Å². The standard InChI is InChI=1S/C15H14ClNO3S/c16-13-3-1-11(2-4-13)5-7-17-14(18)9-20-15(19)12-6-8-21-10-12/h1-4,6,8,10H,5,7,9H2,(H,17,18). The summed E-state index contributed by atoms with van der Waals surface area (Å²) < 4.78 is 4.90. The molecule has 21 heavy (non-hydrogen) atoms. The number of amides is 1. The fourth-order valence-corrected chi connectivity index (χ4v) is 2.39. The van der Waals surface area contributed by atoms with Gasteiger partial charge in [0.25, 0.3) is 5.91 Å². The van der Waals surface area contributed by atoms with Gasteiger partial charge in [0, 0.05) is 16.9 Å². The van der Waals surface area contributed by atoms with E-state index in [-0.39, 0.29) is 12.5 Å². The van der Waals surface area contributed by atoms with Gasteiger partial charge in [-0.05, 0) is 35.6 Å². The molecular formula is C15H14ClNO3S. The number of rotatable bonds is 6. The summed E-state index contributed by atoms with van der Waals surface area (Å²) in [5.74, 6) is -0.795. The average molecular weight is 324 g/mol. The third-order valence-corrected chi connectivity index (χ3v) is 3.68. The molecule has 0 aliphatic rings. The van der Waals surface area contributed by atoms with E-state index in [1.807, 2.05) is 12.1 Å². The van der Waals surface area contributed by atoms with Crippen LogP contribution >= 0.6 is 22.9 Å². The van der Waals surface area contributed by atoms with E-state index in [1.165, 1.54) is 11.3 Å². The second-order valence-corrected chi connectivity index (χ2v) is 5.53. The summed E-state index contributed by atoms with van der Waals surface area (Å²) in [5.41, 5.74) is 1.55. The Kier molecular flexibility index (Phi) is 5.78. The Bertz CT molecular complexity index is 596. The van der Waals surface area contributed by atoms with Crippen molar-refractivity contribution in [1.29, 1.82) is 0 Å². The van der Waals surface area contributed by atoms with Crippen LogP contribution in [0.4, 0.5) is 0 Å². The van der Waals surface area contributed by atoms with E-state index in [0.717, 1.165) is 5.56 Å². The number of carbonyl (C=O) groups excluding carboxylic acids is 2. The Labute approximate surface area is 131 Å². The van der Waals surface area contributed by atoms with E-state index in [0.29, 0.717) is 23.6 Å². The zero-order valence-electron chi connectivity index (χ0n) is 11.2. The second-order valence-electron chi connectivity index (χ2n) is 4.31. The van der Waals surface area contributed by atoms with Crippen molar-refractivity contribution in [2.75, 3.05) is 13.2 Å². The molecule has 0 aliphatic carbocycles. The van der Waals surface area contributed by atoms with Crippen LogP contribution in [-0.2, 0) is 16.0 Å². The highest BCUT2D eigenvalue weighted by Gasteiger charge is 2.09. The van der Waals surface area contributed by atoms with Gasteiger partial charge in [0.05, 0.1) is 5.56 Å². The molecule has 1 aromatic heterocycles. The molecule has 0 spiro atoms. The number of hydrogen-bond donors (Lipinski definition) is 1. The molecule has 0 bridgehead atoms. The first-order valence-corrected chi connectivity index (χ1v) is 7.67. The van der Waals surface area contributed by atoms with Crippen LogP contribution in [0, 0.1) is 0 Å². The lowest BCUT2D eigenvalue weighted by molar-refractivity contribution is -0.124. The minimum atomic E-state index is -0.482. The zero-order valence-corrected chi connectivity index (χ0v) is 12.7. The molecule has 0 unspecified atom stereocenters. The first-order chi connectivity index (χ1) is 10.1.